The second-order valence-corrected chi connectivity index (χ2v) is 5.99. The molecule has 1 amide bonds. The summed E-state index contributed by atoms with van der Waals surface area (Å²) in [5, 5.41) is 6.92. The Kier molecular flexibility index (Phi) is 5.86. The van der Waals surface area contributed by atoms with Crippen molar-refractivity contribution in [1.82, 2.24) is 5.32 Å². The van der Waals surface area contributed by atoms with E-state index in [0.29, 0.717) is 17.6 Å². The van der Waals surface area contributed by atoms with Gasteiger partial charge in [-0.05, 0) is 37.5 Å². The van der Waals surface area contributed by atoms with Crippen LogP contribution in [0.4, 0.5) is 5.69 Å². The maximum Gasteiger partial charge on any atom is 0.238 e. The molecule has 1 aromatic rings. The van der Waals surface area contributed by atoms with E-state index < -0.39 is 0 Å². The summed E-state index contributed by atoms with van der Waals surface area (Å²) in [6.07, 6.45) is 7.56. The number of anilines is 1. The summed E-state index contributed by atoms with van der Waals surface area (Å²) in [5.41, 5.74) is 1.77. The third-order valence-corrected chi connectivity index (χ3v) is 4.27. The quantitative estimate of drug-likeness (QED) is 0.827. The summed E-state index contributed by atoms with van der Waals surface area (Å²) in [4.78, 5) is 11.9. The number of hydrogen-bond acceptors (Lipinski definition) is 2. The van der Waals surface area contributed by atoms with Crippen molar-refractivity contribution in [1.29, 1.82) is 0 Å². The van der Waals surface area contributed by atoms with Gasteiger partial charge in [-0.3, -0.25) is 4.79 Å². The molecule has 0 spiro atoms. The van der Waals surface area contributed by atoms with Crippen molar-refractivity contribution >= 4 is 23.2 Å². The lowest BCUT2D eigenvalue weighted by Gasteiger charge is -2.16. The highest BCUT2D eigenvalue weighted by atomic mass is 35.5. The van der Waals surface area contributed by atoms with Crippen molar-refractivity contribution in [2.24, 2.45) is 0 Å². The number of carbonyl (C=O) groups is 1. The minimum absolute atomic E-state index is 0.00540. The van der Waals surface area contributed by atoms with Crippen LogP contribution in [-0.2, 0) is 4.79 Å². The zero-order valence-corrected chi connectivity index (χ0v) is 12.8. The topological polar surface area (TPSA) is 41.1 Å². The Morgan fingerprint density at radius 1 is 1.25 bits per heavy atom. The van der Waals surface area contributed by atoms with Crippen LogP contribution in [0.1, 0.15) is 44.1 Å². The van der Waals surface area contributed by atoms with Crippen molar-refractivity contribution in [3.63, 3.8) is 0 Å². The molecular weight excluding hydrogens is 272 g/mol. The number of benzene rings is 1. The van der Waals surface area contributed by atoms with Crippen LogP contribution in [0, 0.1) is 6.92 Å². The second kappa shape index (κ2) is 7.65. The summed E-state index contributed by atoms with van der Waals surface area (Å²) in [6, 6.07) is 6.08. The van der Waals surface area contributed by atoms with E-state index in [-0.39, 0.29) is 5.91 Å². The van der Waals surface area contributed by atoms with E-state index in [0.717, 1.165) is 11.3 Å². The molecule has 3 nitrogen and oxygen atoms in total. The summed E-state index contributed by atoms with van der Waals surface area (Å²) >= 11 is 6.05. The molecule has 0 unspecified atom stereocenters. The average Bonchev–Trinajstić information content (AvgIpc) is 2.69. The van der Waals surface area contributed by atoms with Crippen molar-refractivity contribution in [3.8, 4) is 0 Å². The molecule has 1 aromatic carbocycles. The molecule has 0 atom stereocenters. The van der Waals surface area contributed by atoms with Gasteiger partial charge in [0.25, 0.3) is 0 Å². The summed E-state index contributed by atoms with van der Waals surface area (Å²) in [7, 11) is 0. The summed E-state index contributed by atoms with van der Waals surface area (Å²) in [5.74, 6) is -0.00540. The summed E-state index contributed by atoms with van der Waals surface area (Å²) < 4.78 is 0. The van der Waals surface area contributed by atoms with Gasteiger partial charge in [-0.1, -0.05) is 43.4 Å². The van der Waals surface area contributed by atoms with Gasteiger partial charge in [0.1, 0.15) is 0 Å². The molecule has 2 N–H and O–H groups in total. The lowest BCUT2D eigenvalue weighted by atomic mass is 10.1. The van der Waals surface area contributed by atoms with Crippen LogP contribution < -0.4 is 10.6 Å². The summed E-state index contributed by atoms with van der Waals surface area (Å²) in [6.45, 7) is 2.32. The van der Waals surface area contributed by atoms with Crippen LogP contribution in [-0.4, -0.2) is 18.5 Å². The molecule has 0 radical (unpaired) electrons. The van der Waals surface area contributed by atoms with Gasteiger partial charge in [0.15, 0.2) is 0 Å². The van der Waals surface area contributed by atoms with Gasteiger partial charge in [0.05, 0.1) is 6.54 Å². The maximum atomic E-state index is 11.9. The number of hydrogen-bond donors (Lipinski definition) is 2. The smallest absolute Gasteiger partial charge is 0.238 e. The molecule has 0 bridgehead atoms. The highest BCUT2D eigenvalue weighted by Gasteiger charge is 2.13. The normalized spacial score (nSPS) is 16.7. The predicted molar refractivity (Wildman–Crippen MR) is 84.3 cm³/mol. The predicted octanol–water partition coefficient (Wildman–Crippen LogP) is 3.90. The van der Waals surface area contributed by atoms with E-state index in [1.165, 1.54) is 38.5 Å². The van der Waals surface area contributed by atoms with Gasteiger partial charge in [-0.25, -0.2) is 0 Å². The second-order valence-electron chi connectivity index (χ2n) is 5.58. The molecule has 1 aliphatic carbocycles. The van der Waals surface area contributed by atoms with Gasteiger partial charge in [0, 0.05) is 16.8 Å². The lowest BCUT2D eigenvalue weighted by Crippen LogP contribution is -2.35. The van der Waals surface area contributed by atoms with Crippen LogP contribution in [0.15, 0.2) is 18.2 Å². The minimum atomic E-state index is -0.00540. The van der Waals surface area contributed by atoms with Crippen LogP contribution in [0.25, 0.3) is 0 Å². The van der Waals surface area contributed by atoms with E-state index in [4.69, 9.17) is 11.6 Å². The Morgan fingerprint density at radius 3 is 2.60 bits per heavy atom. The minimum Gasteiger partial charge on any atom is -0.325 e. The van der Waals surface area contributed by atoms with Crippen molar-refractivity contribution < 1.29 is 4.79 Å². The van der Waals surface area contributed by atoms with E-state index >= 15 is 0 Å². The first kappa shape index (κ1) is 15.3. The van der Waals surface area contributed by atoms with Crippen molar-refractivity contribution in [3.05, 3.63) is 28.8 Å². The van der Waals surface area contributed by atoms with Crippen LogP contribution in [0.5, 0.6) is 0 Å². The highest BCUT2D eigenvalue weighted by Crippen LogP contribution is 2.20. The van der Waals surface area contributed by atoms with E-state index in [1.54, 1.807) is 6.07 Å². The van der Waals surface area contributed by atoms with E-state index in [1.807, 2.05) is 19.1 Å². The fraction of sp³-hybridized carbons (Fsp3) is 0.562. The molecule has 1 aliphatic rings. The molecule has 20 heavy (non-hydrogen) atoms. The standard InChI is InChI=1S/C16H23ClN2O/c1-12-8-9-14(10-15(12)17)19-16(20)11-18-13-6-4-2-3-5-7-13/h8-10,13,18H,2-7,11H2,1H3,(H,19,20). The molecule has 2 rings (SSSR count). The number of amides is 1. The fourth-order valence-electron chi connectivity index (χ4n) is 2.60. The van der Waals surface area contributed by atoms with Crippen molar-refractivity contribution in [2.75, 3.05) is 11.9 Å². The van der Waals surface area contributed by atoms with Crippen LogP contribution in [0.2, 0.25) is 5.02 Å². The highest BCUT2D eigenvalue weighted by molar-refractivity contribution is 6.31. The first-order valence-corrected chi connectivity index (χ1v) is 7.82. The van der Waals surface area contributed by atoms with Crippen LogP contribution in [0.3, 0.4) is 0 Å². The van der Waals surface area contributed by atoms with Crippen molar-refractivity contribution in [2.45, 2.75) is 51.5 Å². The van der Waals surface area contributed by atoms with Gasteiger partial charge >= 0.3 is 0 Å². The number of halogens is 1. The monoisotopic (exact) mass is 294 g/mol. The molecule has 0 aromatic heterocycles. The number of nitrogens with one attached hydrogen (secondary N) is 2. The number of carbonyl (C=O) groups excluding carboxylic acids is 1. The molecule has 4 heteroatoms. The largest absolute Gasteiger partial charge is 0.325 e. The Labute approximate surface area is 126 Å². The lowest BCUT2D eigenvalue weighted by molar-refractivity contribution is -0.115. The number of aryl methyl sites for hydroxylation is 1. The van der Waals surface area contributed by atoms with E-state index in [9.17, 15) is 4.79 Å². The van der Waals surface area contributed by atoms with Gasteiger partial charge < -0.3 is 10.6 Å². The van der Waals surface area contributed by atoms with Gasteiger partial charge in [-0.2, -0.15) is 0 Å². The van der Waals surface area contributed by atoms with Gasteiger partial charge in [0.2, 0.25) is 5.91 Å². The van der Waals surface area contributed by atoms with Crippen LogP contribution >= 0.6 is 11.6 Å². The molecular formula is C16H23ClN2O. The third kappa shape index (κ3) is 4.80. The molecule has 0 heterocycles. The number of rotatable bonds is 4. The SMILES string of the molecule is Cc1ccc(NC(=O)CNC2CCCCCC2)cc1Cl. The molecule has 1 saturated carbocycles. The average molecular weight is 295 g/mol. The first-order chi connectivity index (χ1) is 9.65. The van der Waals surface area contributed by atoms with E-state index in [2.05, 4.69) is 10.6 Å². The zero-order chi connectivity index (χ0) is 14.4. The molecule has 0 saturated heterocycles. The Morgan fingerprint density at radius 2 is 1.95 bits per heavy atom. The molecule has 0 aliphatic heterocycles. The zero-order valence-electron chi connectivity index (χ0n) is 12.0. The molecule has 110 valence electrons. The van der Waals surface area contributed by atoms with Gasteiger partial charge in [-0.15, -0.1) is 0 Å². The first-order valence-electron chi connectivity index (χ1n) is 7.44. The third-order valence-electron chi connectivity index (χ3n) is 3.86. The maximum absolute atomic E-state index is 11.9. The Bertz CT molecular complexity index is 454. The fourth-order valence-corrected chi connectivity index (χ4v) is 2.78. The Hall–Kier alpha value is -1.06. The Balaban J connectivity index is 1.78. The molecule has 1 fully saturated rings.